The Morgan fingerprint density at radius 3 is 3.18 bits per heavy atom. The SMILES string of the molecule is CCOc1nncn1C1CC1. The molecule has 0 spiro atoms. The number of ether oxygens (including phenoxy) is 1. The first-order valence-electron chi connectivity index (χ1n) is 3.94. The minimum absolute atomic E-state index is 0.603. The predicted molar refractivity (Wildman–Crippen MR) is 39.5 cm³/mol. The summed E-state index contributed by atoms with van der Waals surface area (Å²) in [7, 11) is 0. The summed E-state index contributed by atoms with van der Waals surface area (Å²) in [5, 5.41) is 7.65. The summed E-state index contributed by atoms with van der Waals surface area (Å²) in [5.74, 6) is 0. The summed E-state index contributed by atoms with van der Waals surface area (Å²) in [6, 6.07) is 1.27. The van der Waals surface area contributed by atoms with E-state index in [0.717, 1.165) is 0 Å². The van der Waals surface area contributed by atoms with Crippen molar-refractivity contribution in [2.45, 2.75) is 25.8 Å². The molecule has 0 saturated heterocycles. The van der Waals surface area contributed by atoms with Gasteiger partial charge in [-0.1, -0.05) is 5.10 Å². The smallest absolute Gasteiger partial charge is 0.316 e. The molecule has 0 aliphatic heterocycles. The van der Waals surface area contributed by atoms with Crippen LogP contribution in [0.3, 0.4) is 0 Å². The molecule has 60 valence electrons. The van der Waals surface area contributed by atoms with E-state index in [1.54, 1.807) is 6.33 Å². The van der Waals surface area contributed by atoms with Gasteiger partial charge in [-0.15, -0.1) is 5.10 Å². The van der Waals surface area contributed by atoms with Crippen LogP contribution in [0.15, 0.2) is 6.33 Å². The van der Waals surface area contributed by atoms with Crippen molar-refractivity contribution in [3.05, 3.63) is 6.33 Å². The molecule has 2 rings (SSSR count). The Morgan fingerprint density at radius 2 is 2.55 bits per heavy atom. The first-order valence-corrected chi connectivity index (χ1v) is 3.94. The highest BCUT2D eigenvalue weighted by atomic mass is 16.5. The van der Waals surface area contributed by atoms with Gasteiger partial charge in [-0.2, -0.15) is 0 Å². The largest absolute Gasteiger partial charge is 0.464 e. The highest BCUT2D eigenvalue weighted by molar-refractivity contribution is 4.99. The number of hydrogen-bond acceptors (Lipinski definition) is 3. The van der Waals surface area contributed by atoms with Crippen LogP contribution in [0.4, 0.5) is 0 Å². The Labute approximate surface area is 65.2 Å². The molecule has 1 aromatic rings. The maximum absolute atomic E-state index is 5.27. The molecule has 1 fully saturated rings. The third kappa shape index (κ3) is 1.20. The van der Waals surface area contributed by atoms with Crippen molar-refractivity contribution in [2.75, 3.05) is 6.61 Å². The van der Waals surface area contributed by atoms with Gasteiger partial charge in [0.25, 0.3) is 0 Å². The van der Waals surface area contributed by atoms with Crippen LogP contribution in [-0.4, -0.2) is 21.4 Å². The molecule has 1 saturated carbocycles. The molecule has 4 nitrogen and oxygen atoms in total. The summed E-state index contributed by atoms with van der Waals surface area (Å²) < 4.78 is 7.27. The van der Waals surface area contributed by atoms with Crippen molar-refractivity contribution in [1.82, 2.24) is 14.8 Å². The molecule has 0 radical (unpaired) electrons. The van der Waals surface area contributed by atoms with Crippen molar-refractivity contribution in [2.24, 2.45) is 0 Å². The molecule has 0 atom stereocenters. The van der Waals surface area contributed by atoms with Gasteiger partial charge < -0.3 is 4.74 Å². The molecule has 0 unspecified atom stereocenters. The van der Waals surface area contributed by atoms with Gasteiger partial charge in [0.1, 0.15) is 6.33 Å². The first-order chi connectivity index (χ1) is 5.42. The predicted octanol–water partition coefficient (Wildman–Crippen LogP) is 1.01. The van der Waals surface area contributed by atoms with Crippen molar-refractivity contribution in [3.63, 3.8) is 0 Å². The van der Waals surface area contributed by atoms with Gasteiger partial charge in [0, 0.05) is 6.04 Å². The van der Waals surface area contributed by atoms with Crippen LogP contribution in [0.25, 0.3) is 0 Å². The monoisotopic (exact) mass is 153 g/mol. The Kier molecular flexibility index (Phi) is 1.52. The third-order valence-electron chi connectivity index (χ3n) is 1.75. The minimum atomic E-state index is 0.603. The van der Waals surface area contributed by atoms with Crippen molar-refractivity contribution >= 4 is 0 Å². The topological polar surface area (TPSA) is 39.9 Å². The molecule has 0 N–H and O–H groups in total. The Bertz CT molecular complexity index is 242. The van der Waals surface area contributed by atoms with Gasteiger partial charge in [-0.05, 0) is 19.8 Å². The Balaban J connectivity index is 2.16. The standard InChI is InChI=1S/C7H11N3O/c1-2-11-7-9-8-5-10(7)6-3-4-6/h5-6H,2-4H2,1H3. The Morgan fingerprint density at radius 1 is 1.73 bits per heavy atom. The van der Waals surface area contributed by atoms with Crippen LogP contribution in [0.1, 0.15) is 25.8 Å². The van der Waals surface area contributed by atoms with Crippen LogP contribution in [0.2, 0.25) is 0 Å². The fourth-order valence-electron chi connectivity index (χ4n) is 1.07. The quantitative estimate of drug-likeness (QED) is 0.650. The first kappa shape index (κ1) is 6.64. The maximum atomic E-state index is 5.27. The van der Waals surface area contributed by atoms with Gasteiger partial charge in [0.05, 0.1) is 6.61 Å². The molecular formula is C7H11N3O. The molecule has 11 heavy (non-hydrogen) atoms. The second-order valence-electron chi connectivity index (χ2n) is 2.68. The number of rotatable bonds is 3. The molecule has 0 aromatic carbocycles. The second kappa shape index (κ2) is 2.53. The van der Waals surface area contributed by atoms with E-state index < -0.39 is 0 Å². The average molecular weight is 153 g/mol. The maximum Gasteiger partial charge on any atom is 0.316 e. The zero-order valence-corrected chi connectivity index (χ0v) is 6.53. The van der Waals surface area contributed by atoms with Gasteiger partial charge in [-0.25, -0.2) is 0 Å². The summed E-state index contributed by atoms with van der Waals surface area (Å²) in [6.45, 7) is 2.61. The minimum Gasteiger partial charge on any atom is -0.464 e. The van der Waals surface area contributed by atoms with Crippen LogP contribution < -0.4 is 4.74 Å². The van der Waals surface area contributed by atoms with E-state index >= 15 is 0 Å². The fourth-order valence-corrected chi connectivity index (χ4v) is 1.07. The molecule has 0 bridgehead atoms. The molecule has 1 aromatic heterocycles. The van der Waals surface area contributed by atoms with E-state index in [2.05, 4.69) is 10.2 Å². The molecule has 1 heterocycles. The van der Waals surface area contributed by atoms with Crippen LogP contribution >= 0.6 is 0 Å². The van der Waals surface area contributed by atoms with E-state index in [-0.39, 0.29) is 0 Å². The number of aromatic nitrogens is 3. The fraction of sp³-hybridized carbons (Fsp3) is 0.714. The van der Waals surface area contributed by atoms with Crippen molar-refractivity contribution in [3.8, 4) is 6.01 Å². The van der Waals surface area contributed by atoms with Crippen molar-refractivity contribution in [1.29, 1.82) is 0 Å². The molecule has 4 heteroatoms. The van der Waals surface area contributed by atoms with E-state index in [0.29, 0.717) is 18.7 Å². The highest BCUT2D eigenvalue weighted by Gasteiger charge is 2.26. The zero-order valence-electron chi connectivity index (χ0n) is 6.53. The average Bonchev–Trinajstić information content (AvgIpc) is 2.75. The molecular weight excluding hydrogens is 142 g/mol. The van der Waals surface area contributed by atoms with Crippen LogP contribution in [0.5, 0.6) is 6.01 Å². The van der Waals surface area contributed by atoms with Crippen LogP contribution in [-0.2, 0) is 0 Å². The lowest BCUT2D eigenvalue weighted by Gasteiger charge is -2.02. The number of nitrogens with zero attached hydrogens (tertiary/aromatic N) is 3. The number of hydrogen-bond donors (Lipinski definition) is 0. The zero-order chi connectivity index (χ0) is 7.68. The third-order valence-corrected chi connectivity index (χ3v) is 1.75. The molecule has 1 aliphatic rings. The van der Waals surface area contributed by atoms with Crippen molar-refractivity contribution < 1.29 is 4.74 Å². The summed E-state index contributed by atoms with van der Waals surface area (Å²) in [5.41, 5.74) is 0. The summed E-state index contributed by atoms with van der Waals surface area (Å²) >= 11 is 0. The van der Waals surface area contributed by atoms with E-state index in [1.807, 2.05) is 11.5 Å². The lowest BCUT2D eigenvalue weighted by atomic mass is 10.7. The second-order valence-corrected chi connectivity index (χ2v) is 2.68. The van der Waals surface area contributed by atoms with Gasteiger partial charge in [0.2, 0.25) is 0 Å². The van der Waals surface area contributed by atoms with E-state index in [1.165, 1.54) is 12.8 Å². The van der Waals surface area contributed by atoms with E-state index in [4.69, 9.17) is 4.74 Å². The van der Waals surface area contributed by atoms with Crippen LogP contribution in [0, 0.1) is 0 Å². The summed E-state index contributed by atoms with van der Waals surface area (Å²) in [4.78, 5) is 0. The molecule has 0 amide bonds. The lowest BCUT2D eigenvalue weighted by molar-refractivity contribution is 0.295. The Hall–Kier alpha value is -1.06. The van der Waals surface area contributed by atoms with Gasteiger partial charge in [0.15, 0.2) is 0 Å². The molecule has 1 aliphatic carbocycles. The summed E-state index contributed by atoms with van der Waals surface area (Å²) in [6.07, 6.45) is 4.21. The normalized spacial score (nSPS) is 16.8. The highest BCUT2D eigenvalue weighted by Crippen LogP contribution is 2.36. The van der Waals surface area contributed by atoms with E-state index in [9.17, 15) is 0 Å². The van der Waals surface area contributed by atoms with Gasteiger partial charge in [-0.3, -0.25) is 4.57 Å². The van der Waals surface area contributed by atoms with Gasteiger partial charge >= 0.3 is 6.01 Å². The lowest BCUT2D eigenvalue weighted by Crippen LogP contribution is -2.00.